The lowest BCUT2D eigenvalue weighted by molar-refractivity contribution is -0.117. The molecular formula is C14H26N2O6. The Morgan fingerprint density at radius 3 is 1.86 bits per heavy atom. The van der Waals surface area contributed by atoms with E-state index in [0.29, 0.717) is 32.5 Å². The van der Waals surface area contributed by atoms with Gasteiger partial charge in [-0.25, -0.2) is 9.59 Å². The van der Waals surface area contributed by atoms with Crippen LogP contribution >= 0.6 is 0 Å². The Morgan fingerprint density at radius 1 is 0.955 bits per heavy atom. The summed E-state index contributed by atoms with van der Waals surface area (Å²) in [4.78, 5) is 33.4. The van der Waals surface area contributed by atoms with Crippen LogP contribution in [0.5, 0.6) is 0 Å². The van der Waals surface area contributed by atoms with Gasteiger partial charge in [0.25, 0.3) is 0 Å². The molecule has 0 aromatic heterocycles. The molecule has 0 heterocycles. The topological polar surface area (TPSA) is 103 Å². The number of Topliss-reactive ketones (excluding diaryl/α,β-unsaturated/α-hetero) is 1. The molecule has 0 aromatic rings. The number of ether oxygens (including phenoxy) is 3. The number of nitrogens with one attached hydrogen (secondary N) is 2. The molecule has 22 heavy (non-hydrogen) atoms. The predicted molar refractivity (Wildman–Crippen MR) is 79.7 cm³/mol. The van der Waals surface area contributed by atoms with Crippen LogP contribution in [0, 0.1) is 0 Å². The summed E-state index contributed by atoms with van der Waals surface area (Å²) in [5.41, 5.74) is 0. The van der Waals surface area contributed by atoms with E-state index in [1.54, 1.807) is 13.8 Å². The number of amides is 2. The molecule has 0 rings (SSSR count). The van der Waals surface area contributed by atoms with Gasteiger partial charge in [0.05, 0.1) is 0 Å². The van der Waals surface area contributed by atoms with Crippen molar-refractivity contribution in [1.29, 1.82) is 0 Å². The third-order valence-corrected chi connectivity index (χ3v) is 2.47. The number of ketones is 1. The van der Waals surface area contributed by atoms with E-state index in [4.69, 9.17) is 14.2 Å². The van der Waals surface area contributed by atoms with Gasteiger partial charge < -0.3 is 29.6 Å². The Morgan fingerprint density at radius 2 is 1.45 bits per heavy atom. The van der Waals surface area contributed by atoms with E-state index < -0.39 is 18.3 Å². The number of alkyl carbamates (subject to hydrolysis) is 2. The van der Waals surface area contributed by atoms with E-state index in [9.17, 15) is 14.4 Å². The van der Waals surface area contributed by atoms with Crippen LogP contribution in [-0.2, 0) is 19.0 Å². The first kappa shape index (κ1) is 20.2. The van der Waals surface area contributed by atoms with Gasteiger partial charge in [-0.3, -0.25) is 0 Å². The van der Waals surface area contributed by atoms with E-state index in [2.05, 4.69) is 10.6 Å². The summed E-state index contributed by atoms with van der Waals surface area (Å²) in [5.74, 6) is 0.0808. The lowest BCUT2D eigenvalue weighted by atomic mass is 10.2. The van der Waals surface area contributed by atoms with E-state index >= 15 is 0 Å². The summed E-state index contributed by atoms with van der Waals surface area (Å²) in [6, 6.07) is 0. The maximum Gasteiger partial charge on any atom is 0.407 e. The molecule has 0 aliphatic carbocycles. The first-order valence-corrected chi connectivity index (χ1v) is 7.41. The Hall–Kier alpha value is -1.83. The molecular weight excluding hydrogens is 292 g/mol. The molecule has 0 fully saturated rings. The average molecular weight is 318 g/mol. The monoisotopic (exact) mass is 318 g/mol. The van der Waals surface area contributed by atoms with Crippen LogP contribution in [0.15, 0.2) is 0 Å². The zero-order valence-electron chi connectivity index (χ0n) is 13.5. The van der Waals surface area contributed by atoms with Crippen molar-refractivity contribution < 1.29 is 28.6 Å². The van der Waals surface area contributed by atoms with E-state index in [-0.39, 0.29) is 19.0 Å². The summed E-state index contributed by atoms with van der Waals surface area (Å²) >= 11 is 0. The van der Waals surface area contributed by atoms with Crippen molar-refractivity contribution in [2.45, 2.75) is 39.7 Å². The van der Waals surface area contributed by atoms with Gasteiger partial charge in [0.1, 0.15) is 25.1 Å². The smallest absolute Gasteiger partial charge is 0.407 e. The molecule has 0 unspecified atom stereocenters. The molecule has 0 radical (unpaired) electrons. The van der Waals surface area contributed by atoms with Crippen LogP contribution < -0.4 is 10.6 Å². The summed E-state index contributed by atoms with van der Waals surface area (Å²) in [7, 11) is 0. The van der Waals surface area contributed by atoms with Crippen LogP contribution in [-0.4, -0.2) is 57.0 Å². The largest absolute Gasteiger partial charge is 0.447 e. The number of carbonyl (C=O) groups is 3. The number of carbonyl (C=O) groups excluding carboxylic acids is 3. The molecule has 0 bridgehead atoms. The van der Waals surface area contributed by atoms with Crippen molar-refractivity contribution in [2.75, 3.05) is 32.9 Å². The van der Waals surface area contributed by atoms with E-state index in [1.807, 2.05) is 0 Å². The minimum absolute atomic E-state index is 0.0364. The van der Waals surface area contributed by atoms with Crippen molar-refractivity contribution in [2.24, 2.45) is 0 Å². The molecule has 0 atom stereocenters. The van der Waals surface area contributed by atoms with Crippen LogP contribution in [0.3, 0.4) is 0 Å². The first-order valence-electron chi connectivity index (χ1n) is 7.41. The van der Waals surface area contributed by atoms with Crippen LogP contribution in [0.4, 0.5) is 9.59 Å². The Bertz CT molecular complexity index is 326. The van der Waals surface area contributed by atoms with Crippen LogP contribution in [0.1, 0.15) is 33.6 Å². The van der Waals surface area contributed by atoms with Gasteiger partial charge in [-0.2, -0.15) is 0 Å². The fourth-order valence-electron chi connectivity index (χ4n) is 1.44. The Labute approximate surface area is 130 Å². The molecule has 8 heteroatoms. The van der Waals surface area contributed by atoms with Gasteiger partial charge in [0.2, 0.25) is 0 Å². The summed E-state index contributed by atoms with van der Waals surface area (Å²) in [6.45, 7) is 6.22. The van der Waals surface area contributed by atoms with Crippen molar-refractivity contribution in [1.82, 2.24) is 10.6 Å². The number of rotatable bonds is 11. The molecule has 0 spiro atoms. The highest BCUT2D eigenvalue weighted by atomic mass is 16.6. The minimum Gasteiger partial charge on any atom is -0.447 e. The fraction of sp³-hybridized carbons (Fsp3) is 0.786. The quantitative estimate of drug-likeness (QED) is 0.555. The molecule has 2 N–H and O–H groups in total. The third kappa shape index (κ3) is 12.0. The second-order valence-corrected chi connectivity index (χ2v) is 4.56. The number of hydrogen-bond donors (Lipinski definition) is 2. The molecule has 8 nitrogen and oxygen atoms in total. The molecule has 0 aliphatic heterocycles. The molecule has 128 valence electrons. The van der Waals surface area contributed by atoms with Crippen molar-refractivity contribution >= 4 is 18.0 Å². The maximum absolute atomic E-state index is 11.3. The highest BCUT2D eigenvalue weighted by Gasteiger charge is 2.15. The average Bonchev–Trinajstić information content (AvgIpc) is 2.45. The summed E-state index contributed by atoms with van der Waals surface area (Å²) in [6.07, 6.45) is -0.706. The minimum atomic E-state index is -0.572. The van der Waals surface area contributed by atoms with Gasteiger partial charge >= 0.3 is 12.2 Å². The van der Waals surface area contributed by atoms with Crippen molar-refractivity contribution in [3.05, 3.63) is 0 Å². The van der Waals surface area contributed by atoms with Crippen molar-refractivity contribution in [3.63, 3.8) is 0 Å². The fourth-order valence-corrected chi connectivity index (χ4v) is 1.44. The normalized spacial score (nSPS) is 10.2. The van der Waals surface area contributed by atoms with Crippen LogP contribution in [0.25, 0.3) is 0 Å². The van der Waals surface area contributed by atoms with Gasteiger partial charge in [-0.05, 0) is 27.2 Å². The molecule has 0 saturated carbocycles. The van der Waals surface area contributed by atoms with Crippen molar-refractivity contribution in [3.8, 4) is 0 Å². The van der Waals surface area contributed by atoms with Gasteiger partial charge in [-0.1, -0.05) is 0 Å². The van der Waals surface area contributed by atoms with E-state index in [1.165, 1.54) is 6.92 Å². The third-order valence-electron chi connectivity index (χ3n) is 2.47. The molecule has 2 amide bonds. The lowest BCUT2D eigenvalue weighted by Crippen LogP contribution is -2.34. The summed E-state index contributed by atoms with van der Waals surface area (Å²) < 4.78 is 15.4. The SMILES string of the molecule is CCNC(=O)OCC(COC(=O)NCC)OCCCC(C)=O. The Balaban J connectivity index is 4.14. The molecule has 0 aliphatic rings. The predicted octanol–water partition coefficient (Wildman–Crippen LogP) is 1.23. The lowest BCUT2D eigenvalue weighted by Gasteiger charge is -2.18. The highest BCUT2D eigenvalue weighted by Crippen LogP contribution is 2.00. The second-order valence-electron chi connectivity index (χ2n) is 4.56. The maximum atomic E-state index is 11.3. The van der Waals surface area contributed by atoms with Gasteiger partial charge in [0.15, 0.2) is 0 Å². The number of hydrogen-bond acceptors (Lipinski definition) is 6. The van der Waals surface area contributed by atoms with Gasteiger partial charge in [0, 0.05) is 26.1 Å². The second kappa shape index (κ2) is 12.9. The highest BCUT2D eigenvalue weighted by molar-refractivity contribution is 5.75. The molecule has 0 saturated heterocycles. The zero-order valence-corrected chi connectivity index (χ0v) is 13.5. The standard InChI is InChI=1S/C14H26N2O6/c1-4-15-13(18)21-9-12(10-22-14(19)16-5-2)20-8-6-7-11(3)17/h12H,4-10H2,1-3H3,(H,15,18)(H,16,19). The zero-order chi connectivity index (χ0) is 16.8. The van der Waals surface area contributed by atoms with E-state index in [0.717, 1.165) is 0 Å². The van der Waals surface area contributed by atoms with Gasteiger partial charge in [-0.15, -0.1) is 0 Å². The van der Waals surface area contributed by atoms with Crippen LogP contribution in [0.2, 0.25) is 0 Å². The molecule has 0 aromatic carbocycles. The summed E-state index contributed by atoms with van der Waals surface area (Å²) in [5, 5.41) is 4.97. The first-order chi connectivity index (χ1) is 10.5. The Kier molecular flexibility index (Phi) is 11.8.